The number of rotatable bonds is 4. The molecule has 1 amide bonds. The molecule has 0 heterocycles. The molecule has 0 bridgehead atoms. The third kappa shape index (κ3) is 2.88. The van der Waals surface area contributed by atoms with Crippen LogP contribution in [0.25, 0.3) is 0 Å². The Morgan fingerprint density at radius 3 is 2.06 bits per heavy atom. The van der Waals surface area contributed by atoms with Crippen LogP contribution in [0, 0.1) is 0 Å². The summed E-state index contributed by atoms with van der Waals surface area (Å²) in [5, 5.41) is 5.92. The van der Waals surface area contributed by atoms with Gasteiger partial charge >= 0.3 is 0 Å². The number of likely N-dealkylation sites (N-methyl/N-ethyl adjacent to an activating group) is 1. The van der Waals surface area contributed by atoms with Crippen LogP contribution in [0.2, 0.25) is 0 Å². The van der Waals surface area contributed by atoms with E-state index < -0.39 is 0 Å². The summed E-state index contributed by atoms with van der Waals surface area (Å²) >= 11 is 0. The fourth-order valence-electron chi connectivity index (χ4n) is 1.79. The summed E-state index contributed by atoms with van der Waals surface area (Å²) in [6.07, 6.45) is 0. The van der Waals surface area contributed by atoms with Gasteiger partial charge in [-0.2, -0.15) is 0 Å². The van der Waals surface area contributed by atoms with E-state index in [-0.39, 0.29) is 11.9 Å². The van der Waals surface area contributed by atoms with E-state index in [1.807, 2.05) is 60.7 Å². The molecule has 3 heteroatoms. The average Bonchev–Trinajstić information content (AvgIpc) is 2.46. The van der Waals surface area contributed by atoms with Crippen molar-refractivity contribution in [1.29, 1.82) is 0 Å². The molecule has 0 fully saturated rings. The van der Waals surface area contributed by atoms with Gasteiger partial charge in [-0.15, -0.1) is 0 Å². The summed E-state index contributed by atoms with van der Waals surface area (Å²) in [5.74, 6) is -0.0509. The Hall–Kier alpha value is -2.29. The van der Waals surface area contributed by atoms with Gasteiger partial charge < -0.3 is 10.6 Å². The summed E-state index contributed by atoms with van der Waals surface area (Å²) in [5.41, 5.74) is 1.87. The van der Waals surface area contributed by atoms with Crippen molar-refractivity contribution in [2.24, 2.45) is 0 Å². The van der Waals surface area contributed by atoms with Crippen molar-refractivity contribution < 1.29 is 4.79 Å². The molecule has 0 spiro atoms. The first-order chi connectivity index (χ1) is 8.81. The zero-order valence-electron chi connectivity index (χ0n) is 10.3. The predicted molar refractivity (Wildman–Crippen MR) is 73.3 cm³/mol. The summed E-state index contributed by atoms with van der Waals surface area (Å²) < 4.78 is 0. The number of hydrogen-bond donors (Lipinski definition) is 2. The van der Waals surface area contributed by atoms with Crippen molar-refractivity contribution in [1.82, 2.24) is 5.32 Å². The fraction of sp³-hybridized carbons (Fsp3) is 0.133. The highest BCUT2D eigenvalue weighted by molar-refractivity contribution is 5.85. The number of hydrogen-bond acceptors (Lipinski definition) is 2. The number of amides is 1. The van der Waals surface area contributed by atoms with Crippen LogP contribution in [-0.2, 0) is 4.79 Å². The zero-order valence-corrected chi connectivity index (χ0v) is 10.3. The van der Waals surface area contributed by atoms with Crippen molar-refractivity contribution in [3.8, 4) is 0 Å². The molecule has 0 aliphatic rings. The van der Waals surface area contributed by atoms with Gasteiger partial charge in [0.05, 0.1) is 0 Å². The first kappa shape index (κ1) is 12.2. The standard InChI is InChI=1S/C15H16N2O/c1-16-15(18)14(12-8-4-2-5-9-12)17-13-10-6-3-7-11-13/h2-11,14,17H,1H3,(H,16,18)/t14-/m1/s1. The molecule has 0 radical (unpaired) electrons. The van der Waals surface area contributed by atoms with Crippen LogP contribution in [-0.4, -0.2) is 13.0 Å². The molecule has 0 saturated carbocycles. The molecule has 0 saturated heterocycles. The molecular formula is C15H16N2O. The lowest BCUT2D eigenvalue weighted by atomic mass is 10.1. The summed E-state index contributed by atoms with van der Waals surface area (Å²) in [7, 11) is 1.64. The van der Waals surface area contributed by atoms with Crippen LogP contribution in [0.3, 0.4) is 0 Å². The number of nitrogens with one attached hydrogen (secondary N) is 2. The predicted octanol–water partition coefficient (Wildman–Crippen LogP) is 2.59. The average molecular weight is 240 g/mol. The minimum Gasteiger partial charge on any atom is -0.370 e. The van der Waals surface area contributed by atoms with E-state index >= 15 is 0 Å². The molecular weight excluding hydrogens is 224 g/mol. The van der Waals surface area contributed by atoms with E-state index in [2.05, 4.69) is 10.6 Å². The fourth-order valence-corrected chi connectivity index (χ4v) is 1.79. The molecule has 1 atom stereocenters. The largest absolute Gasteiger partial charge is 0.370 e. The normalized spacial score (nSPS) is 11.6. The van der Waals surface area contributed by atoms with Crippen LogP contribution < -0.4 is 10.6 Å². The van der Waals surface area contributed by atoms with Gasteiger partial charge in [-0.3, -0.25) is 4.79 Å². The molecule has 3 nitrogen and oxygen atoms in total. The first-order valence-corrected chi connectivity index (χ1v) is 5.89. The molecule has 18 heavy (non-hydrogen) atoms. The van der Waals surface area contributed by atoms with Gasteiger partial charge in [-0.25, -0.2) is 0 Å². The van der Waals surface area contributed by atoms with E-state index in [1.54, 1.807) is 7.05 Å². The zero-order chi connectivity index (χ0) is 12.8. The highest BCUT2D eigenvalue weighted by atomic mass is 16.2. The molecule has 0 aliphatic heterocycles. The van der Waals surface area contributed by atoms with Gasteiger partial charge in [-0.1, -0.05) is 48.5 Å². The Balaban J connectivity index is 2.24. The number of carbonyl (C=O) groups is 1. The van der Waals surface area contributed by atoms with Gasteiger partial charge in [0.1, 0.15) is 6.04 Å². The van der Waals surface area contributed by atoms with Gasteiger partial charge in [-0.05, 0) is 17.7 Å². The quantitative estimate of drug-likeness (QED) is 0.862. The summed E-state index contributed by atoms with van der Waals surface area (Å²) in [6, 6.07) is 19.0. The maximum atomic E-state index is 11.9. The molecule has 2 aromatic rings. The van der Waals surface area contributed by atoms with Crippen molar-refractivity contribution >= 4 is 11.6 Å². The highest BCUT2D eigenvalue weighted by Gasteiger charge is 2.18. The second kappa shape index (κ2) is 5.87. The lowest BCUT2D eigenvalue weighted by Gasteiger charge is -2.18. The maximum Gasteiger partial charge on any atom is 0.246 e. The first-order valence-electron chi connectivity index (χ1n) is 5.89. The minimum atomic E-state index is -0.376. The van der Waals surface area contributed by atoms with Crippen molar-refractivity contribution in [3.05, 3.63) is 66.2 Å². The van der Waals surface area contributed by atoms with Gasteiger partial charge in [0.25, 0.3) is 0 Å². The van der Waals surface area contributed by atoms with Crippen LogP contribution in [0.4, 0.5) is 5.69 Å². The van der Waals surface area contributed by atoms with E-state index in [9.17, 15) is 4.79 Å². The Kier molecular flexibility index (Phi) is 3.97. The third-order valence-electron chi connectivity index (χ3n) is 2.73. The number of para-hydroxylation sites is 1. The smallest absolute Gasteiger partial charge is 0.246 e. The van der Waals surface area contributed by atoms with E-state index in [4.69, 9.17) is 0 Å². The van der Waals surface area contributed by atoms with Crippen LogP contribution >= 0.6 is 0 Å². The number of anilines is 1. The van der Waals surface area contributed by atoms with E-state index in [1.165, 1.54) is 0 Å². The maximum absolute atomic E-state index is 11.9. The lowest BCUT2D eigenvalue weighted by molar-refractivity contribution is -0.121. The van der Waals surface area contributed by atoms with Crippen molar-refractivity contribution in [3.63, 3.8) is 0 Å². The molecule has 2 N–H and O–H groups in total. The lowest BCUT2D eigenvalue weighted by Crippen LogP contribution is -2.30. The Morgan fingerprint density at radius 2 is 1.50 bits per heavy atom. The molecule has 0 unspecified atom stereocenters. The van der Waals surface area contributed by atoms with Gasteiger partial charge in [0, 0.05) is 12.7 Å². The number of benzene rings is 2. The van der Waals surface area contributed by atoms with Crippen molar-refractivity contribution in [2.45, 2.75) is 6.04 Å². The van der Waals surface area contributed by atoms with Crippen LogP contribution in [0.5, 0.6) is 0 Å². The van der Waals surface area contributed by atoms with Crippen LogP contribution in [0.15, 0.2) is 60.7 Å². The Morgan fingerprint density at radius 1 is 0.944 bits per heavy atom. The molecule has 2 rings (SSSR count). The Labute approximate surface area is 107 Å². The highest BCUT2D eigenvalue weighted by Crippen LogP contribution is 2.19. The molecule has 0 aliphatic carbocycles. The molecule has 0 aromatic heterocycles. The van der Waals surface area contributed by atoms with Crippen molar-refractivity contribution in [2.75, 3.05) is 12.4 Å². The number of carbonyl (C=O) groups excluding carboxylic acids is 1. The monoisotopic (exact) mass is 240 g/mol. The Bertz CT molecular complexity index is 496. The second-order valence-electron chi connectivity index (χ2n) is 3.97. The molecule has 92 valence electrons. The summed E-state index contributed by atoms with van der Waals surface area (Å²) in [4.78, 5) is 11.9. The topological polar surface area (TPSA) is 41.1 Å². The van der Waals surface area contributed by atoms with E-state index in [0.29, 0.717) is 0 Å². The minimum absolute atomic E-state index is 0.0509. The second-order valence-corrected chi connectivity index (χ2v) is 3.97. The molecule has 2 aromatic carbocycles. The third-order valence-corrected chi connectivity index (χ3v) is 2.73. The van der Waals surface area contributed by atoms with Gasteiger partial charge in [0.15, 0.2) is 0 Å². The SMILES string of the molecule is CNC(=O)[C@H](Nc1ccccc1)c1ccccc1. The van der Waals surface area contributed by atoms with Crippen LogP contribution in [0.1, 0.15) is 11.6 Å². The van der Waals surface area contributed by atoms with E-state index in [0.717, 1.165) is 11.3 Å². The summed E-state index contributed by atoms with van der Waals surface area (Å²) in [6.45, 7) is 0. The van der Waals surface area contributed by atoms with Gasteiger partial charge in [0.2, 0.25) is 5.91 Å².